The molecule has 0 radical (unpaired) electrons. The van der Waals surface area contributed by atoms with E-state index in [4.69, 9.17) is 9.15 Å². The van der Waals surface area contributed by atoms with Gasteiger partial charge in [-0.15, -0.1) is 0 Å². The van der Waals surface area contributed by atoms with Crippen LogP contribution in [0.15, 0.2) is 28.9 Å². The molecule has 0 bridgehead atoms. The van der Waals surface area contributed by atoms with Crippen molar-refractivity contribution in [2.24, 2.45) is 0 Å². The molecular weight excluding hydrogens is 325 g/mol. The summed E-state index contributed by atoms with van der Waals surface area (Å²) in [4.78, 5) is 18.6. The third-order valence-electron chi connectivity index (χ3n) is 4.31. The van der Waals surface area contributed by atoms with Gasteiger partial charge in [-0.05, 0) is 43.5 Å². The van der Waals surface area contributed by atoms with Crippen LogP contribution in [0.5, 0.6) is 0 Å². The van der Waals surface area contributed by atoms with Crippen molar-refractivity contribution in [2.45, 2.75) is 32.4 Å². The van der Waals surface area contributed by atoms with Gasteiger partial charge in [0, 0.05) is 31.9 Å². The molecule has 0 spiro atoms. The van der Waals surface area contributed by atoms with E-state index in [1.165, 1.54) is 25.5 Å². The predicted molar refractivity (Wildman–Crippen MR) is 91.1 cm³/mol. The number of nitrogens with one attached hydrogen (secondary N) is 1. The van der Waals surface area contributed by atoms with Gasteiger partial charge in [0.2, 0.25) is 5.89 Å². The van der Waals surface area contributed by atoms with Crippen molar-refractivity contribution in [3.63, 3.8) is 0 Å². The molecule has 7 heteroatoms. The van der Waals surface area contributed by atoms with Gasteiger partial charge in [0.25, 0.3) is 5.91 Å². The van der Waals surface area contributed by atoms with Gasteiger partial charge in [-0.3, -0.25) is 4.79 Å². The number of anilines is 1. The molecule has 134 valence electrons. The van der Waals surface area contributed by atoms with Crippen LogP contribution in [-0.2, 0) is 11.3 Å². The van der Waals surface area contributed by atoms with Gasteiger partial charge < -0.3 is 19.4 Å². The average molecular weight is 347 g/mol. The minimum atomic E-state index is -0.256. The molecule has 1 atom stereocenters. The highest BCUT2D eigenvalue weighted by Gasteiger charge is 2.24. The summed E-state index contributed by atoms with van der Waals surface area (Å²) < 4.78 is 23.4. The fourth-order valence-electron chi connectivity index (χ4n) is 3.15. The zero-order valence-corrected chi connectivity index (χ0v) is 14.4. The summed E-state index contributed by atoms with van der Waals surface area (Å²) >= 11 is 0. The number of methoxy groups -OCH3 is 1. The molecule has 6 nitrogen and oxygen atoms in total. The Balaban J connectivity index is 1.63. The molecule has 2 heterocycles. The summed E-state index contributed by atoms with van der Waals surface area (Å²) in [5.74, 6) is -0.116. The fourth-order valence-corrected chi connectivity index (χ4v) is 3.15. The van der Waals surface area contributed by atoms with E-state index in [1.54, 1.807) is 6.07 Å². The van der Waals surface area contributed by atoms with E-state index in [0.717, 1.165) is 30.6 Å². The number of halogens is 1. The highest BCUT2D eigenvalue weighted by molar-refractivity contribution is 5.92. The van der Waals surface area contributed by atoms with Crippen LogP contribution in [0.2, 0.25) is 0 Å². The number of nitrogens with zero attached hydrogens (tertiary/aromatic N) is 2. The molecule has 0 aliphatic carbocycles. The second kappa shape index (κ2) is 7.65. The molecule has 1 aliphatic rings. The number of aromatic nitrogens is 1. The quantitative estimate of drug-likeness (QED) is 0.901. The van der Waals surface area contributed by atoms with Crippen molar-refractivity contribution in [3.8, 4) is 0 Å². The number of benzene rings is 1. The average Bonchev–Trinajstić information content (AvgIpc) is 3.04. The van der Waals surface area contributed by atoms with Gasteiger partial charge in [0.15, 0.2) is 5.69 Å². The molecule has 1 amide bonds. The number of hydrogen-bond donors (Lipinski definition) is 1. The minimum Gasteiger partial charge on any atom is -0.446 e. The Morgan fingerprint density at radius 2 is 2.36 bits per heavy atom. The van der Waals surface area contributed by atoms with Gasteiger partial charge in [-0.25, -0.2) is 9.37 Å². The highest BCUT2D eigenvalue weighted by atomic mass is 19.1. The predicted octanol–water partition coefficient (Wildman–Crippen LogP) is 2.67. The largest absolute Gasteiger partial charge is 0.446 e. The van der Waals surface area contributed by atoms with Crippen molar-refractivity contribution in [3.05, 3.63) is 47.4 Å². The number of hydrogen-bond acceptors (Lipinski definition) is 5. The van der Waals surface area contributed by atoms with Crippen LogP contribution in [0.25, 0.3) is 0 Å². The van der Waals surface area contributed by atoms with Gasteiger partial charge in [0.1, 0.15) is 18.7 Å². The zero-order chi connectivity index (χ0) is 17.8. The Morgan fingerprint density at radius 3 is 3.12 bits per heavy atom. The van der Waals surface area contributed by atoms with Crippen molar-refractivity contribution >= 4 is 11.6 Å². The molecule has 25 heavy (non-hydrogen) atoms. The summed E-state index contributed by atoms with van der Waals surface area (Å²) in [5, 5.41) is 3.00. The zero-order valence-electron chi connectivity index (χ0n) is 14.4. The van der Waals surface area contributed by atoms with Crippen LogP contribution < -0.4 is 10.2 Å². The monoisotopic (exact) mass is 347 g/mol. The number of carbonyl (C=O) groups is 1. The maximum Gasteiger partial charge on any atom is 0.273 e. The van der Waals surface area contributed by atoms with Crippen molar-refractivity contribution in [1.29, 1.82) is 0 Å². The van der Waals surface area contributed by atoms with E-state index in [9.17, 15) is 9.18 Å². The second-order valence-electron chi connectivity index (χ2n) is 6.25. The normalized spacial score (nSPS) is 17.6. The van der Waals surface area contributed by atoms with Crippen LogP contribution >= 0.6 is 0 Å². The number of carbonyl (C=O) groups excluding carboxylic acids is 1. The Kier molecular flexibility index (Phi) is 5.33. The standard InChI is InChI=1S/C18H22FN3O3/c1-12-8-13(19)5-6-16(12)22-7-3-4-14(9-22)20-18(23)15-10-25-17(21-15)11-24-2/h5-6,8,10,14H,3-4,7,9,11H2,1-2H3,(H,20,23). The van der Waals surface area contributed by atoms with Gasteiger partial charge in [-0.1, -0.05) is 0 Å². The molecule has 1 unspecified atom stereocenters. The Morgan fingerprint density at radius 1 is 1.52 bits per heavy atom. The molecule has 0 saturated carbocycles. The maximum absolute atomic E-state index is 13.3. The van der Waals surface area contributed by atoms with Crippen LogP contribution in [0, 0.1) is 12.7 Å². The van der Waals surface area contributed by atoms with Gasteiger partial charge in [0.05, 0.1) is 0 Å². The van der Waals surface area contributed by atoms with E-state index in [-0.39, 0.29) is 30.1 Å². The molecule has 2 aromatic rings. The lowest BCUT2D eigenvalue weighted by atomic mass is 10.0. The molecule has 1 N–H and O–H groups in total. The SMILES string of the molecule is COCc1nc(C(=O)NC2CCCN(c3ccc(F)cc3C)C2)co1. The number of piperidine rings is 1. The first kappa shape index (κ1) is 17.4. The number of rotatable bonds is 5. The van der Waals surface area contributed by atoms with E-state index in [2.05, 4.69) is 15.2 Å². The number of aryl methyl sites for hydroxylation is 1. The van der Waals surface area contributed by atoms with E-state index in [1.807, 2.05) is 6.92 Å². The summed E-state index contributed by atoms with van der Waals surface area (Å²) in [5.41, 5.74) is 2.15. The van der Waals surface area contributed by atoms with Gasteiger partial charge >= 0.3 is 0 Å². The molecule has 1 aliphatic heterocycles. The third kappa shape index (κ3) is 4.17. The molecule has 1 saturated heterocycles. The minimum absolute atomic E-state index is 0.00767. The Hall–Kier alpha value is -2.41. The first-order chi connectivity index (χ1) is 12.1. The van der Waals surface area contributed by atoms with Crippen molar-refractivity contribution in [1.82, 2.24) is 10.3 Å². The Bertz CT molecular complexity index is 747. The van der Waals surface area contributed by atoms with E-state index >= 15 is 0 Å². The molecule has 1 aromatic carbocycles. The van der Waals surface area contributed by atoms with Crippen LogP contribution in [0.4, 0.5) is 10.1 Å². The third-order valence-corrected chi connectivity index (χ3v) is 4.31. The maximum atomic E-state index is 13.3. The molecule has 1 aromatic heterocycles. The van der Waals surface area contributed by atoms with Crippen molar-refractivity contribution in [2.75, 3.05) is 25.1 Å². The molecule has 1 fully saturated rings. The molecule has 3 rings (SSSR count). The first-order valence-electron chi connectivity index (χ1n) is 8.32. The first-order valence-corrected chi connectivity index (χ1v) is 8.32. The number of amides is 1. The number of ether oxygens (including phenoxy) is 1. The lowest BCUT2D eigenvalue weighted by Gasteiger charge is -2.35. The van der Waals surface area contributed by atoms with E-state index < -0.39 is 0 Å². The highest BCUT2D eigenvalue weighted by Crippen LogP contribution is 2.24. The van der Waals surface area contributed by atoms with Crippen LogP contribution in [0.1, 0.15) is 34.8 Å². The number of oxazole rings is 1. The van der Waals surface area contributed by atoms with Crippen LogP contribution in [-0.4, -0.2) is 37.1 Å². The summed E-state index contributed by atoms with van der Waals surface area (Å²) in [6, 6.07) is 4.80. The lowest BCUT2D eigenvalue weighted by Crippen LogP contribution is -2.48. The summed E-state index contributed by atoms with van der Waals surface area (Å²) in [6.45, 7) is 3.70. The lowest BCUT2D eigenvalue weighted by molar-refractivity contribution is 0.0928. The van der Waals surface area contributed by atoms with Gasteiger partial charge in [-0.2, -0.15) is 0 Å². The van der Waals surface area contributed by atoms with E-state index in [0.29, 0.717) is 12.4 Å². The van der Waals surface area contributed by atoms with Crippen LogP contribution in [0.3, 0.4) is 0 Å². The smallest absolute Gasteiger partial charge is 0.273 e. The fraction of sp³-hybridized carbons (Fsp3) is 0.444. The summed E-state index contributed by atoms with van der Waals surface area (Å²) in [7, 11) is 1.54. The van der Waals surface area contributed by atoms with Crippen molar-refractivity contribution < 1.29 is 18.3 Å². The Labute approximate surface area is 146 Å². The molecular formula is C18H22FN3O3. The second-order valence-corrected chi connectivity index (χ2v) is 6.25. The topological polar surface area (TPSA) is 67.6 Å². The summed E-state index contributed by atoms with van der Waals surface area (Å²) in [6.07, 6.45) is 3.19.